The number of methoxy groups -OCH3 is 1. The first-order valence-corrected chi connectivity index (χ1v) is 11.1. The Bertz CT molecular complexity index is 1110. The lowest BCUT2D eigenvalue weighted by molar-refractivity contribution is -0.120. The number of hydrazone groups is 1. The lowest BCUT2D eigenvalue weighted by atomic mass is 10.2. The molecule has 3 rings (SSSR count). The van der Waals surface area contributed by atoms with E-state index in [-0.39, 0.29) is 12.3 Å². The molecule has 3 aromatic rings. The number of nitrogens with two attached hydrogens (primary N) is 1. The van der Waals surface area contributed by atoms with E-state index in [9.17, 15) is 4.79 Å². The Morgan fingerprint density at radius 2 is 2.06 bits per heavy atom. The van der Waals surface area contributed by atoms with Crippen molar-refractivity contribution in [3.05, 3.63) is 57.0 Å². The molecule has 0 spiro atoms. The Kier molecular flexibility index (Phi) is 8.40. The van der Waals surface area contributed by atoms with E-state index in [1.165, 1.54) is 6.21 Å². The zero-order valence-corrected chi connectivity index (χ0v) is 19.9. The summed E-state index contributed by atoms with van der Waals surface area (Å²) in [7, 11) is 1.55. The molecule has 0 aliphatic rings. The normalized spacial score (nSPS) is 10.8. The van der Waals surface area contributed by atoms with Gasteiger partial charge in [-0.2, -0.15) is 5.10 Å². The molecule has 0 saturated heterocycles. The smallest absolute Gasteiger partial charge is 0.247 e. The molecule has 0 radical (unpaired) electrons. The number of nitrogens with one attached hydrogen (secondary N) is 1. The number of nitrogen functional groups attached to an aromatic ring is 1. The fourth-order valence-corrected chi connectivity index (χ4v) is 3.84. The van der Waals surface area contributed by atoms with Crippen LogP contribution in [0.25, 0.3) is 0 Å². The predicted octanol–water partition coefficient (Wildman–Crippen LogP) is 3.35. The van der Waals surface area contributed by atoms with Crippen molar-refractivity contribution in [2.24, 2.45) is 5.10 Å². The van der Waals surface area contributed by atoms with Crippen LogP contribution in [0.5, 0.6) is 17.2 Å². The number of rotatable bonds is 10. The van der Waals surface area contributed by atoms with Gasteiger partial charge in [-0.15, -0.1) is 10.2 Å². The second-order valence-electron chi connectivity index (χ2n) is 6.55. The Labute approximate surface area is 197 Å². The van der Waals surface area contributed by atoms with E-state index in [0.717, 1.165) is 22.6 Å². The summed E-state index contributed by atoms with van der Waals surface area (Å²) in [5, 5.41) is 12.3. The van der Waals surface area contributed by atoms with Crippen LogP contribution in [0.2, 0.25) is 0 Å². The van der Waals surface area contributed by atoms with Gasteiger partial charge in [0.1, 0.15) is 24.0 Å². The second-order valence-corrected chi connectivity index (χ2v) is 8.50. The van der Waals surface area contributed by atoms with Gasteiger partial charge in [-0.05, 0) is 58.2 Å². The Morgan fingerprint density at radius 1 is 1.25 bits per heavy atom. The number of halogens is 1. The number of hydrogen-bond donors (Lipinski definition) is 2. The summed E-state index contributed by atoms with van der Waals surface area (Å²) in [4.78, 5) is 11.9. The van der Waals surface area contributed by atoms with Crippen LogP contribution >= 0.6 is 27.3 Å². The molecule has 11 heteroatoms. The molecule has 3 N–H and O–H groups in total. The number of hydrogen-bond acceptors (Lipinski definition) is 9. The fraction of sp³-hybridized carbons (Fsp3) is 0.238. The number of benzene rings is 2. The highest BCUT2D eigenvalue weighted by Crippen LogP contribution is 2.36. The van der Waals surface area contributed by atoms with Crippen LogP contribution in [0.15, 0.2) is 46.0 Å². The molecule has 0 bridgehead atoms. The zero-order valence-electron chi connectivity index (χ0n) is 17.5. The van der Waals surface area contributed by atoms with Gasteiger partial charge in [0.15, 0.2) is 11.5 Å². The topological polar surface area (TPSA) is 121 Å². The molecule has 1 heterocycles. The average Bonchev–Trinajstić information content (AvgIpc) is 3.16. The van der Waals surface area contributed by atoms with Crippen molar-refractivity contribution in [1.82, 2.24) is 15.6 Å². The summed E-state index contributed by atoms with van der Waals surface area (Å²) < 4.78 is 17.7. The quantitative estimate of drug-likeness (QED) is 0.239. The first-order chi connectivity index (χ1) is 15.4. The lowest BCUT2D eigenvalue weighted by Crippen LogP contribution is -2.19. The third kappa shape index (κ3) is 6.92. The summed E-state index contributed by atoms with van der Waals surface area (Å²) in [6.07, 6.45) is 1.56. The summed E-state index contributed by atoms with van der Waals surface area (Å²) in [5.41, 5.74) is 9.79. The van der Waals surface area contributed by atoms with Gasteiger partial charge >= 0.3 is 0 Å². The Hall–Kier alpha value is -3.18. The SMILES string of the molecule is COc1cc(/C=N/NC(=O)Cc2nnc(N)s2)cc(Br)c1OCCOc1cccc(C)c1. The van der Waals surface area contributed by atoms with Crippen LogP contribution in [0, 0.1) is 6.92 Å². The minimum absolute atomic E-state index is 0.0522. The molecule has 0 fully saturated rings. The van der Waals surface area contributed by atoms with Crippen LogP contribution in [0.4, 0.5) is 5.13 Å². The van der Waals surface area contributed by atoms with Gasteiger partial charge in [0.25, 0.3) is 0 Å². The molecule has 0 aliphatic heterocycles. The number of anilines is 1. The van der Waals surface area contributed by atoms with E-state index in [2.05, 4.69) is 36.7 Å². The van der Waals surface area contributed by atoms with Crippen molar-refractivity contribution >= 4 is 44.5 Å². The largest absolute Gasteiger partial charge is 0.493 e. The number of amides is 1. The number of carbonyl (C=O) groups is 1. The number of ether oxygens (including phenoxy) is 3. The highest BCUT2D eigenvalue weighted by atomic mass is 79.9. The molecule has 168 valence electrons. The van der Waals surface area contributed by atoms with Gasteiger partial charge in [0.05, 0.1) is 24.2 Å². The molecule has 2 aromatic carbocycles. The van der Waals surface area contributed by atoms with Crippen LogP contribution in [0.3, 0.4) is 0 Å². The molecular formula is C21H22BrN5O4S. The highest BCUT2D eigenvalue weighted by molar-refractivity contribution is 9.10. The van der Waals surface area contributed by atoms with Crippen LogP contribution in [-0.4, -0.2) is 42.6 Å². The van der Waals surface area contributed by atoms with E-state index >= 15 is 0 Å². The summed E-state index contributed by atoms with van der Waals surface area (Å²) in [6, 6.07) is 11.4. The minimum Gasteiger partial charge on any atom is -0.493 e. The molecule has 0 unspecified atom stereocenters. The molecule has 0 aliphatic carbocycles. The first-order valence-electron chi connectivity index (χ1n) is 9.54. The molecule has 1 amide bonds. The van der Waals surface area contributed by atoms with Gasteiger partial charge < -0.3 is 19.9 Å². The standard InChI is InChI=1S/C21H22BrN5O4S/c1-13-4-3-5-15(8-13)30-6-7-31-20-16(22)9-14(10-17(20)29-2)12-24-25-18(28)11-19-26-27-21(23)32-19/h3-5,8-10,12H,6-7,11H2,1-2H3,(H2,23,27)(H,25,28)/b24-12+. The second kappa shape index (κ2) is 11.4. The number of nitrogens with zero attached hydrogens (tertiary/aromatic N) is 3. The summed E-state index contributed by atoms with van der Waals surface area (Å²) in [5.74, 6) is 1.54. The number of aromatic nitrogens is 2. The number of aryl methyl sites for hydroxylation is 1. The maximum absolute atomic E-state index is 11.9. The lowest BCUT2D eigenvalue weighted by Gasteiger charge is -2.14. The molecule has 0 saturated carbocycles. The summed E-state index contributed by atoms with van der Waals surface area (Å²) in [6.45, 7) is 2.73. The van der Waals surface area contributed by atoms with Crippen molar-refractivity contribution in [3.8, 4) is 17.2 Å². The Morgan fingerprint density at radius 3 is 2.78 bits per heavy atom. The van der Waals surface area contributed by atoms with E-state index in [1.54, 1.807) is 19.2 Å². The molecule has 1 aromatic heterocycles. The average molecular weight is 520 g/mol. The van der Waals surface area contributed by atoms with Gasteiger partial charge in [0, 0.05) is 0 Å². The van der Waals surface area contributed by atoms with E-state index in [4.69, 9.17) is 19.9 Å². The van der Waals surface area contributed by atoms with Crippen molar-refractivity contribution in [2.45, 2.75) is 13.3 Å². The van der Waals surface area contributed by atoms with E-state index in [0.29, 0.717) is 44.9 Å². The third-order valence-electron chi connectivity index (χ3n) is 4.04. The predicted molar refractivity (Wildman–Crippen MR) is 127 cm³/mol. The minimum atomic E-state index is -0.322. The molecular weight excluding hydrogens is 498 g/mol. The zero-order chi connectivity index (χ0) is 22.9. The molecule has 9 nitrogen and oxygen atoms in total. The molecule has 0 atom stereocenters. The van der Waals surface area contributed by atoms with Crippen LogP contribution in [0.1, 0.15) is 16.1 Å². The van der Waals surface area contributed by atoms with Crippen molar-refractivity contribution < 1.29 is 19.0 Å². The van der Waals surface area contributed by atoms with Gasteiger partial charge in [0.2, 0.25) is 11.0 Å². The van der Waals surface area contributed by atoms with Crippen LogP contribution in [-0.2, 0) is 11.2 Å². The maximum Gasteiger partial charge on any atom is 0.247 e. The van der Waals surface area contributed by atoms with Crippen molar-refractivity contribution in [3.63, 3.8) is 0 Å². The van der Waals surface area contributed by atoms with Crippen molar-refractivity contribution in [2.75, 3.05) is 26.1 Å². The third-order valence-corrected chi connectivity index (χ3v) is 5.38. The van der Waals surface area contributed by atoms with E-state index < -0.39 is 0 Å². The van der Waals surface area contributed by atoms with Gasteiger partial charge in [-0.1, -0.05) is 23.5 Å². The summed E-state index contributed by atoms with van der Waals surface area (Å²) >= 11 is 4.65. The van der Waals surface area contributed by atoms with E-state index in [1.807, 2.05) is 31.2 Å². The number of carbonyl (C=O) groups excluding carboxylic acids is 1. The Balaban J connectivity index is 1.54. The van der Waals surface area contributed by atoms with Crippen LogP contribution < -0.4 is 25.4 Å². The first kappa shape index (κ1) is 23.5. The maximum atomic E-state index is 11.9. The molecule has 32 heavy (non-hydrogen) atoms. The van der Waals surface area contributed by atoms with Crippen molar-refractivity contribution in [1.29, 1.82) is 0 Å². The fourth-order valence-electron chi connectivity index (χ4n) is 2.66. The monoisotopic (exact) mass is 519 g/mol. The van der Waals surface area contributed by atoms with Gasteiger partial charge in [-0.25, -0.2) is 5.43 Å². The highest BCUT2D eigenvalue weighted by Gasteiger charge is 2.12. The van der Waals surface area contributed by atoms with Gasteiger partial charge in [-0.3, -0.25) is 4.79 Å².